The SMILES string of the molecule is COc1ccc(COc2ccc(OCCCN)cc2)cc1.Cl. The maximum Gasteiger partial charge on any atom is 0.120 e. The van der Waals surface area contributed by atoms with Gasteiger partial charge in [-0.2, -0.15) is 0 Å². The van der Waals surface area contributed by atoms with Crippen LogP contribution in [0.3, 0.4) is 0 Å². The normalized spacial score (nSPS) is 9.73. The van der Waals surface area contributed by atoms with Crippen LogP contribution in [0.1, 0.15) is 12.0 Å². The van der Waals surface area contributed by atoms with Crippen molar-refractivity contribution in [1.82, 2.24) is 0 Å². The summed E-state index contributed by atoms with van der Waals surface area (Å²) < 4.78 is 16.4. The molecule has 0 saturated carbocycles. The molecule has 2 aromatic carbocycles. The molecular weight excluding hydrogens is 302 g/mol. The highest BCUT2D eigenvalue weighted by molar-refractivity contribution is 5.85. The number of hydrogen-bond donors (Lipinski definition) is 1. The van der Waals surface area contributed by atoms with Crippen LogP contribution in [0.2, 0.25) is 0 Å². The van der Waals surface area contributed by atoms with Gasteiger partial charge in [-0.05, 0) is 54.9 Å². The molecule has 0 atom stereocenters. The monoisotopic (exact) mass is 323 g/mol. The Bertz CT molecular complexity index is 529. The average molecular weight is 324 g/mol. The predicted octanol–water partition coefficient (Wildman–Crippen LogP) is 3.42. The van der Waals surface area contributed by atoms with E-state index in [9.17, 15) is 0 Å². The average Bonchev–Trinajstić information content (AvgIpc) is 2.55. The summed E-state index contributed by atoms with van der Waals surface area (Å²) in [6.45, 7) is 1.81. The second kappa shape index (κ2) is 9.92. The molecule has 0 amide bonds. The Hall–Kier alpha value is -1.91. The largest absolute Gasteiger partial charge is 0.497 e. The number of methoxy groups -OCH3 is 1. The van der Waals surface area contributed by atoms with Gasteiger partial charge < -0.3 is 19.9 Å². The van der Waals surface area contributed by atoms with Crippen molar-refractivity contribution >= 4 is 12.4 Å². The van der Waals surface area contributed by atoms with Crippen LogP contribution in [0.15, 0.2) is 48.5 Å². The van der Waals surface area contributed by atoms with Crippen molar-refractivity contribution in [1.29, 1.82) is 0 Å². The molecule has 4 nitrogen and oxygen atoms in total. The van der Waals surface area contributed by atoms with E-state index in [2.05, 4.69) is 0 Å². The number of ether oxygens (including phenoxy) is 3. The Morgan fingerprint density at radius 1 is 0.818 bits per heavy atom. The number of rotatable bonds is 8. The van der Waals surface area contributed by atoms with Crippen LogP contribution in [0.5, 0.6) is 17.2 Å². The van der Waals surface area contributed by atoms with Gasteiger partial charge in [-0.1, -0.05) is 12.1 Å². The van der Waals surface area contributed by atoms with Crippen molar-refractivity contribution in [3.8, 4) is 17.2 Å². The van der Waals surface area contributed by atoms with Gasteiger partial charge in [0.2, 0.25) is 0 Å². The van der Waals surface area contributed by atoms with Gasteiger partial charge in [0.25, 0.3) is 0 Å². The van der Waals surface area contributed by atoms with Crippen LogP contribution >= 0.6 is 12.4 Å². The Kier molecular flexibility index (Phi) is 8.18. The number of halogens is 1. The number of hydrogen-bond acceptors (Lipinski definition) is 4. The van der Waals surface area contributed by atoms with Crippen LogP contribution < -0.4 is 19.9 Å². The lowest BCUT2D eigenvalue weighted by molar-refractivity contribution is 0.300. The molecule has 0 spiro atoms. The van der Waals surface area contributed by atoms with E-state index in [4.69, 9.17) is 19.9 Å². The molecule has 2 N–H and O–H groups in total. The summed E-state index contributed by atoms with van der Waals surface area (Å²) in [5.41, 5.74) is 6.52. The van der Waals surface area contributed by atoms with Gasteiger partial charge in [-0.15, -0.1) is 12.4 Å². The molecule has 0 aliphatic rings. The molecule has 0 unspecified atom stereocenters. The van der Waals surface area contributed by atoms with Gasteiger partial charge in [0.1, 0.15) is 23.9 Å². The van der Waals surface area contributed by atoms with Crippen molar-refractivity contribution in [2.24, 2.45) is 5.73 Å². The Labute approximate surface area is 137 Å². The van der Waals surface area contributed by atoms with E-state index in [1.165, 1.54) is 0 Å². The minimum Gasteiger partial charge on any atom is -0.497 e. The van der Waals surface area contributed by atoms with Crippen LogP contribution in [0, 0.1) is 0 Å². The first kappa shape index (κ1) is 18.1. The molecule has 0 fully saturated rings. The zero-order valence-electron chi connectivity index (χ0n) is 12.7. The summed E-state index contributed by atoms with van der Waals surface area (Å²) in [5.74, 6) is 2.50. The molecule has 120 valence electrons. The van der Waals surface area contributed by atoms with Crippen molar-refractivity contribution in [2.75, 3.05) is 20.3 Å². The quantitative estimate of drug-likeness (QED) is 0.756. The third-order valence-electron chi connectivity index (χ3n) is 3.01. The Morgan fingerprint density at radius 3 is 1.91 bits per heavy atom. The second-order valence-corrected chi connectivity index (χ2v) is 4.60. The molecular formula is C17H22ClNO3. The molecule has 2 rings (SSSR count). The molecule has 0 bridgehead atoms. The molecule has 0 radical (unpaired) electrons. The number of nitrogens with two attached hydrogens (primary N) is 1. The van der Waals surface area contributed by atoms with E-state index in [0.29, 0.717) is 19.8 Å². The third kappa shape index (κ3) is 5.84. The smallest absolute Gasteiger partial charge is 0.120 e. The van der Waals surface area contributed by atoms with Crippen LogP contribution in [0.25, 0.3) is 0 Å². The first-order valence-corrected chi connectivity index (χ1v) is 7.00. The minimum atomic E-state index is 0. The molecule has 2 aromatic rings. The molecule has 0 aromatic heterocycles. The summed E-state index contributed by atoms with van der Waals surface area (Å²) in [6.07, 6.45) is 0.857. The zero-order valence-corrected chi connectivity index (χ0v) is 13.5. The van der Waals surface area contributed by atoms with Crippen LogP contribution in [-0.2, 0) is 6.61 Å². The van der Waals surface area contributed by atoms with E-state index >= 15 is 0 Å². The van der Waals surface area contributed by atoms with E-state index in [1.807, 2.05) is 48.5 Å². The van der Waals surface area contributed by atoms with Gasteiger partial charge in [0.15, 0.2) is 0 Å². The standard InChI is InChI=1S/C17H21NO3.ClH/c1-19-15-5-3-14(4-6-15)13-21-17-9-7-16(8-10-17)20-12-2-11-18;/h3-10H,2,11-13,18H2,1H3;1H. The summed E-state index contributed by atoms with van der Waals surface area (Å²) in [7, 11) is 1.66. The van der Waals surface area contributed by atoms with Crippen LogP contribution in [-0.4, -0.2) is 20.3 Å². The fourth-order valence-corrected chi connectivity index (χ4v) is 1.79. The van der Waals surface area contributed by atoms with Gasteiger partial charge in [0, 0.05) is 0 Å². The maximum atomic E-state index is 5.73. The second-order valence-electron chi connectivity index (χ2n) is 4.60. The van der Waals surface area contributed by atoms with Crippen molar-refractivity contribution in [3.05, 3.63) is 54.1 Å². The van der Waals surface area contributed by atoms with E-state index in [1.54, 1.807) is 7.11 Å². The fraction of sp³-hybridized carbons (Fsp3) is 0.294. The Morgan fingerprint density at radius 2 is 1.36 bits per heavy atom. The fourth-order valence-electron chi connectivity index (χ4n) is 1.79. The highest BCUT2D eigenvalue weighted by Gasteiger charge is 1.99. The van der Waals surface area contributed by atoms with Gasteiger partial charge in [-0.25, -0.2) is 0 Å². The van der Waals surface area contributed by atoms with Gasteiger partial charge in [-0.3, -0.25) is 0 Å². The first-order chi connectivity index (χ1) is 10.3. The van der Waals surface area contributed by atoms with Gasteiger partial charge >= 0.3 is 0 Å². The van der Waals surface area contributed by atoms with E-state index < -0.39 is 0 Å². The van der Waals surface area contributed by atoms with Gasteiger partial charge in [0.05, 0.1) is 13.7 Å². The predicted molar refractivity (Wildman–Crippen MR) is 90.2 cm³/mol. The molecule has 5 heteroatoms. The highest BCUT2D eigenvalue weighted by atomic mass is 35.5. The summed E-state index contributed by atoms with van der Waals surface area (Å²) in [4.78, 5) is 0. The minimum absolute atomic E-state index is 0. The lowest BCUT2D eigenvalue weighted by atomic mass is 10.2. The Balaban J connectivity index is 0.00000242. The first-order valence-electron chi connectivity index (χ1n) is 7.00. The van der Waals surface area contributed by atoms with E-state index in [-0.39, 0.29) is 12.4 Å². The molecule has 0 aliphatic carbocycles. The number of benzene rings is 2. The molecule has 22 heavy (non-hydrogen) atoms. The molecule has 0 heterocycles. The summed E-state index contributed by atoms with van der Waals surface area (Å²) >= 11 is 0. The van der Waals surface area contributed by atoms with Crippen molar-refractivity contribution in [2.45, 2.75) is 13.0 Å². The van der Waals surface area contributed by atoms with Crippen LogP contribution in [0.4, 0.5) is 0 Å². The third-order valence-corrected chi connectivity index (χ3v) is 3.01. The summed E-state index contributed by atoms with van der Waals surface area (Å²) in [5, 5.41) is 0. The lowest BCUT2D eigenvalue weighted by Crippen LogP contribution is -2.06. The lowest BCUT2D eigenvalue weighted by Gasteiger charge is -2.09. The van der Waals surface area contributed by atoms with Crippen molar-refractivity contribution < 1.29 is 14.2 Å². The van der Waals surface area contributed by atoms with E-state index in [0.717, 1.165) is 29.2 Å². The topological polar surface area (TPSA) is 53.7 Å². The zero-order chi connectivity index (χ0) is 14.9. The summed E-state index contributed by atoms with van der Waals surface area (Å²) in [6, 6.07) is 15.4. The maximum absolute atomic E-state index is 5.73. The molecule has 0 saturated heterocycles. The van der Waals surface area contributed by atoms with Crippen molar-refractivity contribution in [3.63, 3.8) is 0 Å². The molecule has 0 aliphatic heterocycles. The highest BCUT2D eigenvalue weighted by Crippen LogP contribution is 2.19.